The van der Waals surface area contributed by atoms with Crippen molar-refractivity contribution in [2.24, 2.45) is 0 Å². The van der Waals surface area contributed by atoms with Gasteiger partial charge in [0.15, 0.2) is 75.1 Å². The summed E-state index contributed by atoms with van der Waals surface area (Å²) in [5.74, 6) is 8.63. The summed E-state index contributed by atoms with van der Waals surface area (Å²) in [7, 11) is -0.419. The van der Waals surface area contributed by atoms with Crippen molar-refractivity contribution < 1.29 is 28.3 Å². The minimum atomic E-state index is -0.640. The van der Waals surface area contributed by atoms with Gasteiger partial charge in [0, 0.05) is 27.8 Å². The molecule has 0 radical (unpaired) electrons. The number of hydrogen-bond donors (Lipinski definition) is 0. The van der Waals surface area contributed by atoms with Crippen LogP contribution in [0.2, 0.25) is 5.28 Å². The smallest absolute Gasteiger partial charge is 0.450 e. The van der Waals surface area contributed by atoms with E-state index in [1.165, 1.54) is 44.5 Å². The number of benzene rings is 16. The predicted molar refractivity (Wildman–Crippen MR) is 493 cm³/mol. The van der Waals surface area contributed by atoms with E-state index in [1.54, 1.807) is 0 Å². The van der Waals surface area contributed by atoms with Crippen LogP contribution in [-0.4, -0.2) is 48.2 Å². The Morgan fingerprint density at radius 2 is 0.484 bits per heavy atom. The third kappa shape index (κ3) is 13.7. The van der Waals surface area contributed by atoms with E-state index in [1.807, 2.05) is 158 Å². The molecular weight excluding hydrogens is 1550 g/mol. The normalized spacial score (nSPS) is 14.3. The molecule has 1 fully saturated rings. The number of para-hydroxylation sites is 4. The fraction of sp³-hybridized carbons (Fsp3) is 0.0727. The lowest BCUT2D eigenvalue weighted by molar-refractivity contribution is 0.00578. The molecule has 5 aliphatic rings. The van der Waals surface area contributed by atoms with E-state index >= 15 is 0 Å². The molecular formula is C110H78BClN6O6. The first kappa shape index (κ1) is 76.4. The average molecular weight is 1630 g/mol. The van der Waals surface area contributed by atoms with Crippen LogP contribution in [0, 0.1) is 0 Å². The van der Waals surface area contributed by atoms with Gasteiger partial charge in [0.05, 0.1) is 22.0 Å². The Kier molecular flexibility index (Phi) is 19.4. The van der Waals surface area contributed by atoms with Gasteiger partial charge in [-0.15, -0.1) is 0 Å². The second-order valence-corrected chi connectivity index (χ2v) is 32.6. The molecule has 0 spiro atoms. The highest BCUT2D eigenvalue weighted by Crippen LogP contribution is 2.60. The zero-order chi connectivity index (χ0) is 83.5. The fourth-order valence-electron chi connectivity index (χ4n) is 17.8. The highest BCUT2D eigenvalue weighted by atomic mass is 35.5. The maximum atomic E-state index is 6.49. The van der Waals surface area contributed by atoms with Crippen LogP contribution in [-0.2, 0) is 20.1 Å². The van der Waals surface area contributed by atoms with E-state index in [4.69, 9.17) is 54.8 Å². The first-order valence-corrected chi connectivity index (χ1v) is 41.9. The molecule has 3 aliphatic heterocycles. The van der Waals surface area contributed by atoms with E-state index < -0.39 is 29.2 Å². The number of hydrogen-bond acceptors (Lipinski definition) is 12. The highest BCUT2D eigenvalue weighted by molar-refractivity contribution is 6.62. The number of aromatic nitrogens is 6. The fourth-order valence-corrected chi connectivity index (χ4v) is 18.0. The quantitative estimate of drug-likeness (QED) is 0.108. The molecule has 23 rings (SSSR count). The maximum absolute atomic E-state index is 6.49. The van der Waals surface area contributed by atoms with Crippen molar-refractivity contribution in [3.05, 3.63) is 450 Å². The Bertz CT molecular complexity index is 7000. The largest absolute Gasteiger partial charge is 0.494 e. The summed E-state index contributed by atoms with van der Waals surface area (Å²) in [5.41, 5.74) is 22.4. The van der Waals surface area contributed by atoms with E-state index in [-0.39, 0.29) is 5.28 Å². The van der Waals surface area contributed by atoms with Crippen molar-refractivity contribution in [1.29, 1.82) is 0 Å². The van der Waals surface area contributed by atoms with Crippen LogP contribution >= 0.6 is 11.6 Å². The molecule has 16 aromatic carbocycles. The topological polar surface area (TPSA) is 133 Å². The summed E-state index contributed by atoms with van der Waals surface area (Å²) in [4.78, 5) is 28.4. The van der Waals surface area contributed by atoms with Crippen LogP contribution < -0.4 is 24.4 Å². The van der Waals surface area contributed by atoms with Gasteiger partial charge in [0.2, 0.25) is 5.28 Å². The Hall–Kier alpha value is -15.0. The van der Waals surface area contributed by atoms with E-state index in [0.717, 1.165) is 89.3 Å². The second kappa shape index (κ2) is 31.5. The number of nitrogens with zero attached hydrogens (tertiary/aromatic N) is 6. The van der Waals surface area contributed by atoms with Crippen LogP contribution in [0.1, 0.15) is 72.2 Å². The number of halogens is 1. The average Bonchev–Trinajstić information content (AvgIpc) is 1.54. The first-order valence-electron chi connectivity index (χ1n) is 41.5. The lowest BCUT2D eigenvalue weighted by Crippen LogP contribution is -2.41. The summed E-state index contributed by atoms with van der Waals surface area (Å²) < 4.78 is 38.2. The molecule has 2 aliphatic carbocycles. The predicted octanol–water partition coefficient (Wildman–Crippen LogP) is 26.6. The molecule has 0 N–H and O–H groups in total. The van der Waals surface area contributed by atoms with Crippen LogP contribution in [0.25, 0.3) is 101 Å². The standard InChI is InChI=1S/C52H33N3O2.C37H31BO4.C21H14ClN3/c1-3-14-34(15-4-1)37-18-13-19-38(32-37)51-54-49(35-16-5-2-6-17-35)53-50(55-51)36-26-28-39(29-27-36)52(43-22-9-7-20-41(43)42-21-8-10-23-44(42)52)40-30-31-47-48(33-40)57-46-25-12-11-24-45(46)56-47;1-35(2)36(3,4)42-38(41-35)26-20-17-24(18-21-26)37(29-13-7-5-11-27(29)28-12-6-8-14-30(28)37)25-19-22-33-34(23-25)40-32-16-10-9-15-31(32)39-33;22-21-24-19(16-10-5-2-6-11-16)23-20(25-21)18-13-7-12-17(14-18)15-8-3-1-4-9-15/h1-33H;5-23H,1-4H3;1-14H. The molecule has 0 unspecified atom stereocenters. The van der Waals surface area contributed by atoms with Crippen LogP contribution in [0.15, 0.2) is 400 Å². The van der Waals surface area contributed by atoms with Crippen LogP contribution in [0.4, 0.5) is 0 Å². The molecule has 2 aromatic heterocycles. The Morgan fingerprint density at radius 3 is 0.863 bits per heavy atom. The van der Waals surface area contributed by atoms with Gasteiger partial charge in [0.1, 0.15) is 0 Å². The van der Waals surface area contributed by atoms with E-state index in [9.17, 15) is 0 Å². The number of rotatable bonds is 12. The van der Waals surface area contributed by atoms with Gasteiger partial charge in [0.25, 0.3) is 0 Å². The molecule has 124 heavy (non-hydrogen) atoms. The Labute approximate surface area is 724 Å². The van der Waals surface area contributed by atoms with Crippen molar-refractivity contribution in [1.82, 2.24) is 29.9 Å². The van der Waals surface area contributed by atoms with Crippen molar-refractivity contribution >= 4 is 24.2 Å². The number of fused-ring (bicyclic) bond motifs is 10. The SMILES string of the molecule is CC1(C)OB(c2ccc(C3(c4ccc5c(c4)Oc4ccccc4O5)c4ccccc4-c4ccccc43)cc2)OC1(C)C.Clc1nc(-c2ccccc2)nc(-c2cccc(-c3ccccc3)c2)n1.c1ccc(-c2cccc(-c3nc(-c4ccccc4)nc(-c4ccc(C5(c6ccc7c(c6)Oc6ccccc6O7)c6ccccc6-c6ccccc65)cc4)n3)c2)cc1. The zero-order valence-corrected chi connectivity index (χ0v) is 68.9. The Morgan fingerprint density at radius 1 is 0.218 bits per heavy atom. The Balaban J connectivity index is 0.000000123. The van der Waals surface area contributed by atoms with Gasteiger partial charge in [-0.2, -0.15) is 9.97 Å². The van der Waals surface area contributed by atoms with Crippen molar-refractivity contribution in [2.75, 3.05) is 0 Å². The molecule has 1 saturated heterocycles. The van der Waals surface area contributed by atoms with Gasteiger partial charge in [-0.3, -0.25) is 0 Å². The van der Waals surface area contributed by atoms with Gasteiger partial charge in [-0.1, -0.05) is 340 Å². The summed E-state index contributed by atoms with van der Waals surface area (Å²) in [5, 5.41) is 0.189. The highest BCUT2D eigenvalue weighted by Gasteiger charge is 2.53. The second-order valence-electron chi connectivity index (χ2n) is 32.3. The molecule has 594 valence electrons. The van der Waals surface area contributed by atoms with E-state index in [0.29, 0.717) is 63.6 Å². The molecule has 18 aromatic rings. The van der Waals surface area contributed by atoms with Crippen molar-refractivity contribution in [3.63, 3.8) is 0 Å². The van der Waals surface area contributed by atoms with Crippen molar-refractivity contribution in [2.45, 2.75) is 49.7 Å². The van der Waals surface area contributed by atoms with Crippen LogP contribution in [0.5, 0.6) is 46.0 Å². The molecule has 5 heterocycles. The third-order valence-corrected chi connectivity index (χ3v) is 24.6. The first-order chi connectivity index (χ1) is 60.8. The van der Waals surface area contributed by atoms with E-state index in [2.05, 4.69) is 285 Å². The molecule has 12 nitrogen and oxygen atoms in total. The lowest BCUT2D eigenvalue weighted by atomic mass is 9.66. The van der Waals surface area contributed by atoms with Gasteiger partial charge < -0.3 is 28.3 Å². The summed E-state index contributed by atoms with van der Waals surface area (Å²) in [6.07, 6.45) is 0. The summed E-state index contributed by atoms with van der Waals surface area (Å²) >= 11 is 6.14. The van der Waals surface area contributed by atoms with Gasteiger partial charge in [-0.25, -0.2) is 19.9 Å². The van der Waals surface area contributed by atoms with Gasteiger partial charge >= 0.3 is 7.12 Å². The molecule has 0 saturated carbocycles. The van der Waals surface area contributed by atoms with Crippen LogP contribution in [0.3, 0.4) is 0 Å². The van der Waals surface area contributed by atoms with Gasteiger partial charge in [-0.05, 0) is 194 Å². The summed E-state index contributed by atoms with van der Waals surface area (Å²) in [6, 6.07) is 138. The van der Waals surface area contributed by atoms with Crippen molar-refractivity contribution in [3.8, 4) is 147 Å². The monoisotopic (exact) mass is 1620 g/mol. The third-order valence-electron chi connectivity index (χ3n) is 24.4. The lowest BCUT2D eigenvalue weighted by Gasteiger charge is -2.34. The zero-order valence-electron chi connectivity index (χ0n) is 68.2. The molecule has 0 atom stereocenters. The maximum Gasteiger partial charge on any atom is 0.494 e. The molecule has 0 bridgehead atoms. The summed E-state index contributed by atoms with van der Waals surface area (Å²) in [6.45, 7) is 8.35. The molecule has 14 heteroatoms. The molecule has 0 amide bonds. The minimum absolute atomic E-state index is 0.189. The number of ether oxygens (including phenoxy) is 4. The minimum Gasteiger partial charge on any atom is -0.450 e.